The molecule has 0 atom stereocenters. The van der Waals surface area contributed by atoms with Gasteiger partial charge in [0.05, 0.1) is 0 Å². The lowest BCUT2D eigenvalue weighted by atomic mass is 9.98. The Balaban J connectivity index is 1.71. The minimum Gasteiger partial charge on any atom is -0.351 e. The molecule has 0 aliphatic carbocycles. The Bertz CT molecular complexity index is 874. The van der Waals surface area contributed by atoms with Crippen LogP contribution >= 0.6 is 22.7 Å². The molecule has 0 aliphatic rings. The number of carbonyl (C=O) groups excluding carboxylic acids is 1. The first-order valence-electron chi connectivity index (χ1n) is 9.84. The molecule has 0 unspecified atom stereocenters. The Morgan fingerprint density at radius 2 is 2.10 bits per heavy atom. The summed E-state index contributed by atoms with van der Waals surface area (Å²) in [4.78, 5) is 15.4. The Labute approximate surface area is 183 Å². The lowest BCUT2D eigenvalue weighted by Gasteiger charge is -2.18. The van der Waals surface area contributed by atoms with E-state index in [1.807, 2.05) is 12.2 Å². The third kappa shape index (κ3) is 9.27. The van der Waals surface area contributed by atoms with Gasteiger partial charge in [-0.2, -0.15) is 11.3 Å². The minimum absolute atomic E-state index is 0.0289. The smallest absolute Gasteiger partial charge is 0.244 e. The molecule has 0 saturated carbocycles. The van der Waals surface area contributed by atoms with Crippen molar-refractivity contribution in [3.63, 3.8) is 0 Å². The summed E-state index contributed by atoms with van der Waals surface area (Å²) in [6.45, 7) is 11.6. The van der Waals surface area contributed by atoms with Crippen LogP contribution in [-0.4, -0.2) is 37.0 Å². The van der Waals surface area contributed by atoms with Crippen molar-refractivity contribution >= 4 is 34.7 Å². The molecular weight excluding hydrogens is 396 g/mol. The van der Waals surface area contributed by atoms with Crippen LogP contribution in [0.1, 0.15) is 32.6 Å². The number of rotatable bonds is 9. The van der Waals surface area contributed by atoms with Gasteiger partial charge in [-0.3, -0.25) is 9.69 Å². The number of hydrogen-bond donors (Lipinski definition) is 1. The van der Waals surface area contributed by atoms with Gasteiger partial charge >= 0.3 is 0 Å². The molecule has 0 spiro atoms. The third-order valence-electron chi connectivity index (χ3n) is 4.06. The summed E-state index contributed by atoms with van der Waals surface area (Å²) < 4.78 is 0. The monoisotopic (exact) mass is 426 g/mol. The Kier molecular flexibility index (Phi) is 9.40. The first-order valence-corrected chi connectivity index (χ1v) is 11.7. The van der Waals surface area contributed by atoms with Crippen LogP contribution in [0.2, 0.25) is 0 Å². The van der Waals surface area contributed by atoms with Crippen molar-refractivity contribution in [2.45, 2.75) is 27.7 Å². The van der Waals surface area contributed by atoms with Crippen molar-refractivity contribution < 1.29 is 4.79 Å². The maximum atomic E-state index is 12.1. The fourth-order valence-electron chi connectivity index (χ4n) is 2.47. The fraction of sp³-hybridized carbons (Fsp3) is 0.375. The van der Waals surface area contributed by atoms with Crippen LogP contribution in [0.15, 0.2) is 46.5 Å². The molecule has 1 amide bonds. The highest BCUT2D eigenvalue weighted by Gasteiger charge is 2.04. The van der Waals surface area contributed by atoms with E-state index in [4.69, 9.17) is 0 Å². The highest BCUT2D eigenvalue weighted by Crippen LogP contribution is 2.27. The molecule has 154 valence electrons. The second kappa shape index (κ2) is 11.8. The number of nitrogens with zero attached hydrogens (tertiary/aromatic N) is 1. The molecule has 2 heterocycles. The number of nitrogens with one attached hydrogen (secondary N) is 1. The van der Waals surface area contributed by atoms with Crippen LogP contribution in [0, 0.1) is 17.3 Å². The Morgan fingerprint density at radius 1 is 1.28 bits per heavy atom. The highest BCUT2D eigenvalue weighted by molar-refractivity contribution is 7.11. The van der Waals surface area contributed by atoms with Gasteiger partial charge in [0.2, 0.25) is 5.91 Å². The zero-order chi connectivity index (χ0) is 21.1. The van der Waals surface area contributed by atoms with Crippen molar-refractivity contribution in [2.24, 2.45) is 5.41 Å². The Morgan fingerprint density at radius 3 is 2.79 bits per heavy atom. The third-order valence-corrected chi connectivity index (χ3v) is 5.64. The Hall–Kier alpha value is -2.13. The molecule has 5 heteroatoms. The maximum Gasteiger partial charge on any atom is 0.244 e. The van der Waals surface area contributed by atoms with Crippen LogP contribution in [0.3, 0.4) is 0 Å². The van der Waals surface area contributed by atoms with Gasteiger partial charge in [0.25, 0.3) is 0 Å². The van der Waals surface area contributed by atoms with Gasteiger partial charge in [-0.25, -0.2) is 0 Å². The topological polar surface area (TPSA) is 32.3 Å². The van der Waals surface area contributed by atoms with Crippen LogP contribution in [-0.2, 0) is 4.79 Å². The van der Waals surface area contributed by atoms with Gasteiger partial charge in [-0.05, 0) is 78.9 Å². The van der Waals surface area contributed by atoms with Gasteiger partial charge < -0.3 is 5.32 Å². The van der Waals surface area contributed by atoms with Crippen LogP contribution in [0.25, 0.3) is 17.2 Å². The molecule has 0 bridgehead atoms. The number of carbonyl (C=O) groups is 1. The summed E-state index contributed by atoms with van der Waals surface area (Å²) in [5.41, 5.74) is 2.46. The summed E-state index contributed by atoms with van der Waals surface area (Å²) in [7, 11) is 0. The van der Waals surface area contributed by atoms with E-state index in [0.29, 0.717) is 6.54 Å². The molecule has 0 radical (unpaired) electrons. The second-order valence-electron chi connectivity index (χ2n) is 7.69. The normalized spacial score (nSPS) is 11.9. The van der Waals surface area contributed by atoms with Crippen molar-refractivity contribution in [1.29, 1.82) is 0 Å². The van der Waals surface area contributed by atoms with Crippen molar-refractivity contribution in [2.75, 3.05) is 26.2 Å². The zero-order valence-electron chi connectivity index (χ0n) is 17.7. The molecule has 0 saturated heterocycles. The lowest BCUT2D eigenvalue weighted by molar-refractivity contribution is -0.116. The van der Waals surface area contributed by atoms with Crippen LogP contribution in [0.4, 0.5) is 0 Å². The van der Waals surface area contributed by atoms with E-state index in [1.54, 1.807) is 28.7 Å². The SMILES string of the molecule is CCN(CC=CC#CC(C)(C)C)CCNC(=O)C=Cc1cc(-c2ccsc2)cs1. The van der Waals surface area contributed by atoms with Crippen LogP contribution < -0.4 is 5.32 Å². The predicted octanol–water partition coefficient (Wildman–Crippen LogP) is 5.53. The number of amides is 1. The van der Waals surface area contributed by atoms with E-state index < -0.39 is 0 Å². The molecule has 2 aromatic heterocycles. The molecule has 29 heavy (non-hydrogen) atoms. The quantitative estimate of drug-likeness (QED) is 0.422. The summed E-state index contributed by atoms with van der Waals surface area (Å²) in [5.74, 6) is 6.22. The van der Waals surface area contributed by atoms with Crippen molar-refractivity contribution in [3.8, 4) is 23.0 Å². The molecular formula is C24H30N2OS2. The average molecular weight is 427 g/mol. The van der Waals surface area contributed by atoms with E-state index in [1.165, 1.54) is 11.1 Å². The summed E-state index contributed by atoms with van der Waals surface area (Å²) in [6, 6.07) is 4.23. The molecule has 0 aliphatic heterocycles. The highest BCUT2D eigenvalue weighted by atomic mass is 32.1. The minimum atomic E-state index is -0.0573. The number of thiophene rings is 2. The van der Waals surface area contributed by atoms with Gasteiger partial charge in [0, 0.05) is 36.0 Å². The molecule has 2 rings (SSSR count). The molecule has 2 aromatic rings. The number of hydrogen-bond acceptors (Lipinski definition) is 4. The molecule has 0 aromatic carbocycles. The maximum absolute atomic E-state index is 12.1. The second-order valence-corrected chi connectivity index (χ2v) is 9.41. The molecule has 3 nitrogen and oxygen atoms in total. The lowest BCUT2D eigenvalue weighted by Crippen LogP contribution is -2.34. The van der Waals surface area contributed by atoms with E-state index in [-0.39, 0.29) is 11.3 Å². The van der Waals surface area contributed by atoms with Crippen LogP contribution in [0.5, 0.6) is 0 Å². The van der Waals surface area contributed by atoms with E-state index in [9.17, 15) is 4.79 Å². The number of allylic oxidation sites excluding steroid dienone is 1. The van der Waals surface area contributed by atoms with Crippen molar-refractivity contribution in [1.82, 2.24) is 10.2 Å². The van der Waals surface area contributed by atoms with Crippen molar-refractivity contribution in [3.05, 3.63) is 51.4 Å². The van der Waals surface area contributed by atoms with E-state index >= 15 is 0 Å². The fourth-order valence-corrected chi connectivity index (χ4v) is 3.95. The van der Waals surface area contributed by atoms with Gasteiger partial charge in [0.1, 0.15) is 0 Å². The molecule has 1 N–H and O–H groups in total. The first kappa shape index (κ1) is 23.2. The average Bonchev–Trinajstić information content (AvgIpc) is 3.35. The summed E-state index contributed by atoms with van der Waals surface area (Å²) >= 11 is 3.34. The number of likely N-dealkylation sites (N-methyl/N-ethyl adjacent to an activating group) is 1. The predicted molar refractivity (Wildman–Crippen MR) is 128 cm³/mol. The first-order chi connectivity index (χ1) is 13.9. The van der Waals surface area contributed by atoms with E-state index in [2.05, 4.69) is 84.1 Å². The molecule has 0 fully saturated rings. The summed E-state index contributed by atoms with van der Waals surface area (Å²) in [6.07, 6.45) is 7.48. The standard InChI is InChI=1S/C24H30N2OS2/c1-5-26(14-8-6-7-12-24(2,3)4)15-13-25-23(27)10-9-22-17-21(19-29-22)20-11-16-28-18-20/h6,8-11,16-19H,5,13-15H2,1-4H3,(H,25,27). The van der Waals surface area contributed by atoms with E-state index in [0.717, 1.165) is 24.5 Å². The van der Waals surface area contributed by atoms with Gasteiger partial charge in [0.15, 0.2) is 0 Å². The van der Waals surface area contributed by atoms with Gasteiger partial charge in [-0.1, -0.05) is 24.8 Å². The van der Waals surface area contributed by atoms with Gasteiger partial charge in [-0.15, -0.1) is 11.3 Å². The summed E-state index contributed by atoms with van der Waals surface area (Å²) in [5, 5.41) is 9.29. The largest absolute Gasteiger partial charge is 0.351 e. The zero-order valence-corrected chi connectivity index (χ0v) is 19.3.